The van der Waals surface area contributed by atoms with Gasteiger partial charge in [-0.25, -0.2) is 9.78 Å². The summed E-state index contributed by atoms with van der Waals surface area (Å²) in [7, 11) is 0. The van der Waals surface area contributed by atoms with Crippen LogP contribution < -0.4 is 11.0 Å². The molecule has 1 aromatic carbocycles. The van der Waals surface area contributed by atoms with E-state index in [1.807, 2.05) is 0 Å². The standard InChI is InChI=1S/C16H15Br2N3O3/c17-9-5-11-12(6-10(9)18)20-14(22)13(19-11)15(23)24-21-16-3-1-8(7-16)2-4-16/h5-6,8,21H,1-4,7H2,(H,20,22). The minimum absolute atomic E-state index is 0.113. The molecule has 2 aliphatic rings. The number of halogens is 2. The van der Waals surface area contributed by atoms with Crippen LogP contribution in [0.1, 0.15) is 42.6 Å². The first-order chi connectivity index (χ1) is 11.5. The molecule has 4 rings (SSSR count). The Bertz CT molecular complexity index is 888. The molecule has 126 valence electrons. The van der Waals surface area contributed by atoms with Gasteiger partial charge in [-0.3, -0.25) is 4.79 Å². The van der Waals surface area contributed by atoms with Crippen LogP contribution in [0.4, 0.5) is 0 Å². The summed E-state index contributed by atoms with van der Waals surface area (Å²) in [6, 6.07) is 3.47. The molecule has 2 aliphatic carbocycles. The van der Waals surface area contributed by atoms with Gasteiger partial charge in [0.15, 0.2) is 0 Å². The van der Waals surface area contributed by atoms with Gasteiger partial charge in [-0.1, -0.05) is 0 Å². The smallest absolute Gasteiger partial charge is 0.365 e. The molecular formula is C16H15Br2N3O3. The number of fused-ring (bicyclic) bond motifs is 3. The first-order valence-electron chi connectivity index (χ1n) is 7.83. The van der Waals surface area contributed by atoms with Crippen molar-refractivity contribution in [1.29, 1.82) is 0 Å². The first-order valence-corrected chi connectivity index (χ1v) is 9.42. The van der Waals surface area contributed by atoms with Crippen LogP contribution in [-0.4, -0.2) is 21.5 Å². The summed E-state index contributed by atoms with van der Waals surface area (Å²) in [5.74, 6) is -0.0175. The van der Waals surface area contributed by atoms with E-state index in [9.17, 15) is 9.59 Å². The molecule has 2 N–H and O–H groups in total. The van der Waals surface area contributed by atoms with Gasteiger partial charge in [-0.2, -0.15) is 0 Å². The minimum Gasteiger partial charge on any atom is -0.365 e. The Morgan fingerprint density at radius 2 is 2.00 bits per heavy atom. The summed E-state index contributed by atoms with van der Waals surface area (Å²) < 4.78 is 1.58. The van der Waals surface area contributed by atoms with E-state index in [-0.39, 0.29) is 11.2 Å². The molecule has 0 saturated heterocycles. The third-order valence-corrected chi connectivity index (χ3v) is 6.87. The van der Waals surface area contributed by atoms with Gasteiger partial charge in [-0.05, 0) is 82.0 Å². The molecule has 2 aromatic rings. The number of nitrogens with zero attached hydrogens (tertiary/aromatic N) is 1. The van der Waals surface area contributed by atoms with Gasteiger partial charge in [0.05, 0.1) is 16.6 Å². The summed E-state index contributed by atoms with van der Waals surface area (Å²) in [5, 5.41) is 0. The number of aromatic amines is 1. The number of hydrogen-bond donors (Lipinski definition) is 2. The second-order valence-electron chi connectivity index (χ2n) is 6.62. The molecule has 24 heavy (non-hydrogen) atoms. The van der Waals surface area contributed by atoms with E-state index >= 15 is 0 Å². The molecule has 0 aliphatic heterocycles. The number of H-pyrrole nitrogens is 1. The van der Waals surface area contributed by atoms with Gasteiger partial charge >= 0.3 is 5.97 Å². The summed E-state index contributed by atoms with van der Waals surface area (Å²) in [5.41, 5.74) is 3.07. The molecule has 8 heteroatoms. The fourth-order valence-corrected chi connectivity index (χ4v) is 4.43. The lowest BCUT2D eigenvalue weighted by Crippen LogP contribution is -2.43. The van der Waals surface area contributed by atoms with Crippen LogP contribution in [0.15, 0.2) is 25.9 Å². The fourth-order valence-electron chi connectivity index (χ4n) is 3.76. The molecule has 0 unspecified atom stereocenters. The highest BCUT2D eigenvalue weighted by atomic mass is 79.9. The van der Waals surface area contributed by atoms with E-state index in [0.29, 0.717) is 11.0 Å². The van der Waals surface area contributed by atoms with Crippen LogP contribution in [0.3, 0.4) is 0 Å². The van der Waals surface area contributed by atoms with Crippen LogP contribution in [0, 0.1) is 5.92 Å². The summed E-state index contributed by atoms with van der Waals surface area (Å²) in [6.45, 7) is 0. The maximum Gasteiger partial charge on any atom is 0.381 e. The largest absolute Gasteiger partial charge is 0.381 e. The Kier molecular flexibility index (Phi) is 4.01. The summed E-state index contributed by atoms with van der Waals surface area (Å²) >= 11 is 6.76. The minimum atomic E-state index is -0.748. The average molecular weight is 457 g/mol. The monoisotopic (exact) mass is 455 g/mol. The Balaban J connectivity index is 1.58. The number of carbonyl (C=O) groups excluding carboxylic acids is 1. The number of benzene rings is 1. The van der Waals surface area contributed by atoms with E-state index in [1.54, 1.807) is 12.1 Å². The zero-order chi connectivity index (χ0) is 16.9. The molecular weight excluding hydrogens is 442 g/mol. The Labute approximate surface area is 154 Å². The van der Waals surface area contributed by atoms with Gasteiger partial charge in [0.25, 0.3) is 5.56 Å². The number of hydrogen-bond acceptors (Lipinski definition) is 5. The van der Waals surface area contributed by atoms with Crippen molar-refractivity contribution in [2.75, 3.05) is 0 Å². The van der Waals surface area contributed by atoms with Crippen LogP contribution in [0.2, 0.25) is 0 Å². The van der Waals surface area contributed by atoms with E-state index in [4.69, 9.17) is 4.84 Å². The SMILES string of the molecule is O=C(ONC12CCC(CC1)C2)c1nc2cc(Br)c(Br)cc2[nH]c1=O. The van der Waals surface area contributed by atoms with Gasteiger partial charge in [0, 0.05) is 8.95 Å². The number of aromatic nitrogens is 2. The molecule has 2 fully saturated rings. The highest BCUT2D eigenvalue weighted by Gasteiger charge is 2.46. The van der Waals surface area contributed by atoms with Crippen molar-refractivity contribution in [2.24, 2.45) is 5.92 Å². The van der Waals surface area contributed by atoms with Crippen molar-refractivity contribution in [3.63, 3.8) is 0 Å². The Morgan fingerprint density at radius 1 is 1.29 bits per heavy atom. The molecule has 0 atom stereocenters. The van der Waals surface area contributed by atoms with Gasteiger partial charge < -0.3 is 9.82 Å². The topological polar surface area (TPSA) is 84.1 Å². The number of rotatable bonds is 3. The van der Waals surface area contributed by atoms with Crippen LogP contribution in [-0.2, 0) is 4.84 Å². The molecule has 1 aromatic heterocycles. The van der Waals surface area contributed by atoms with Crippen molar-refractivity contribution >= 4 is 48.9 Å². The summed E-state index contributed by atoms with van der Waals surface area (Å²) in [6.07, 6.45) is 5.38. The van der Waals surface area contributed by atoms with E-state index in [2.05, 4.69) is 47.3 Å². The van der Waals surface area contributed by atoms with Crippen molar-refractivity contribution in [3.05, 3.63) is 37.1 Å². The van der Waals surface area contributed by atoms with E-state index in [0.717, 1.165) is 34.1 Å². The second kappa shape index (κ2) is 5.93. The fraction of sp³-hybridized carbons (Fsp3) is 0.438. The second-order valence-corrected chi connectivity index (χ2v) is 8.33. The Morgan fingerprint density at radius 3 is 2.67 bits per heavy atom. The van der Waals surface area contributed by atoms with Crippen LogP contribution in [0.5, 0.6) is 0 Å². The zero-order valence-electron chi connectivity index (χ0n) is 12.7. The lowest BCUT2D eigenvalue weighted by atomic mass is 9.95. The molecule has 6 nitrogen and oxygen atoms in total. The van der Waals surface area contributed by atoms with Crippen molar-refractivity contribution in [3.8, 4) is 0 Å². The maximum atomic E-state index is 12.3. The predicted molar refractivity (Wildman–Crippen MR) is 95.6 cm³/mol. The average Bonchev–Trinajstić information content (AvgIpc) is 3.15. The quantitative estimate of drug-likeness (QED) is 0.691. The summed E-state index contributed by atoms with van der Waals surface area (Å²) in [4.78, 5) is 36.5. The highest BCUT2D eigenvalue weighted by Crippen LogP contribution is 2.47. The molecule has 2 saturated carbocycles. The van der Waals surface area contributed by atoms with Crippen LogP contribution in [0.25, 0.3) is 11.0 Å². The lowest BCUT2D eigenvalue weighted by molar-refractivity contribution is -0.00477. The third-order valence-electron chi connectivity index (χ3n) is 5.03. The molecule has 1 heterocycles. The molecule has 0 radical (unpaired) electrons. The number of hydroxylamine groups is 1. The third kappa shape index (κ3) is 2.80. The Hall–Kier alpha value is -1.25. The van der Waals surface area contributed by atoms with E-state index < -0.39 is 11.5 Å². The predicted octanol–water partition coefficient (Wildman–Crippen LogP) is 3.44. The van der Waals surface area contributed by atoms with Crippen molar-refractivity contribution in [1.82, 2.24) is 15.4 Å². The lowest BCUT2D eigenvalue weighted by Gasteiger charge is -2.26. The maximum absolute atomic E-state index is 12.3. The normalized spacial score (nSPS) is 25.3. The molecule has 2 bridgehead atoms. The van der Waals surface area contributed by atoms with Gasteiger partial charge in [0.1, 0.15) is 0 Å². The zero-order valence-corrected chi connectivity index (χ0v) is 15.9. The first kappa shape index (κ1) is 16.2. The van der Waals surface area contributed by atoms with Gasteiger partial charge in [0.2, 0.25) is 5.69 Å². The number of carbonyl (C=O) groups is 1. The highest BCUT2D eigenvalue weighted by molar-refractivity contribution is 9.13. The van der Waals surface area contributed by atoms with Crippen molar-refractivity contribution < 1.29 is 9.63 Å². The van der Waals surface area contributed by atoms with Crippen molar-refractivity contribution in [2.45, 2.75) is 37.6 Å². The molecule has 0 amide bonds. The molecule has 0 spiro atoms. The number of nitrogens with one attached hydrogen (secondary N) is 2. The van der Waals surface area contributed by atoms with E-state index in [1.165, 1.54) is 12.8 Å². The van der Waals surface area contributed by atoms with Gasteiger partial charge in [-0.15, -0.1) is 5.48 Å². The van der Waals surface area contributed by atoms with Crippen LogP contribution >= 0.6 is 31.9 Å².